The van der Waals surface area contributed by atoms with Gasteiger partial charge in [0.2, 0.25) is 23.6 Å². The van der Waals surface area contributed by atoms with Crippen LogP contribution < -0.4 is 10.6 Å². The number of carbonyl (C=O) groups excluding carboxylic acids is 4. The van der Waals surface area contributed by atoms with Crippen LogP contribution in [0.15, 0.2) is 42.5 Å². The van der Waals surface area contributed by atoms with Gasteiger partial charge in [0.05, 0.1) is 11.5 Å². The lowest BCUT2D eigenvalue weighted by atomic mass is 9.75. The van der Waals surface area contributed by atoms with Crippen LogP contribution in [0.25, 0.3) is 0 Å². The van der Waals surface area contributed by atoms with Gasteiger partial charge in [0.25, 0.3) is 0 Å². The average Bonchev–Trinajstić information content (AvgIpc) is 3.37. The first kappa shape index (κ1) is 29.3. The third-order valence-electron chi connectivity index (χ3n) is 9.29. The number of nitrogens with zero attached hydrogens (tertiary/aromatic N) is 2. The zero-order chi connectivity index (χ0) is 29.0. The smallest absolute Gasteiger partial charge is 0.245 e. The van der Waals surface area contributed by atoms with Gasteiger partial charge in [-0.1, -0.05) is 42.5 Å². The summed E-state index contributed by atoms with van der Waals surface area (Å²) in [5, 5.41) is 16.5. The van der Waals surface area contributed by atoms with Crippen LogP contribution in [0.5, 0.6) is 0 Å². The number of β-amino-alcohol motifs (C(OH)–C–C–N with tert-alkyl or cyclic N) is 1. The van der Waals surface area contributed by atoms with E-state index < -0.39 is 23.6 Å². The van der Waals surface area contributed by atoms with E-state index in [1.165, 1.54) is 11.8 Å². The Kier molecular flexibility index (Phi) is 9.09. The fourth-order valence-corrected chi connectivity index (χ4v) is 6.79. The van der Waals surface area contributed by atoms with Crippen molar-refractivity contribution in [3.05, 3.63) is 48.0 Å². The summed E-state index contributed by atoms with van der Waals surface area (Å²) < 4.78 is 5.58. The molecule has 222 valence electrons. The van der Waals surface area contributed by atoms with Gasteiger partial charge in [0.1, 0.15) is 12.1 Å². The molecule has 3 fully saturated rings. The molecule has 4 amide bonds. The molecule has 0 aliphatic carbocycles. The minimum absolute atomic E-state index is 0.0249. The fraction of sp³-hybridized carbons (Fsp3) is 0.613. The molecule has 0 unspecified atom stereocenters. The molecule has 4 aliphatic heterocycles. The summed E-state index contributed by atoms with van der Waals surface area (Å²) in [6.07, 6.45) is 7.04. The van der Waals surface area contributed by atoms with Crippen molar-refractivity contribution in [1.29, 1.82) is 0 Å². The maximum Gasteiger partial charge on any atom is 0.245 e. The molecular formula is C31H42N4O6. The first-order chi connectivity index (χ1) is 19.8. The predicted molar refractivity (Wildman–Crippen MR) is 151 cm³/mol. The van der Waals surface area contributed by atoms with Gasteiger partial charge in [0.15, 0.2) is 0 Å². The van der Waals surface area contributed by atoms with Crippen LogP contribution in [0, 0.1) is 11.3 Å². The third kappa shape index (κ3) is 6.64. The topological polar surface area (TPSA) is 128 Å². The van der Waals surface area contributed by atoms with Crippen LogP contribution in [0.1, 0.15) is 51.0 Å². The van der Waals surface area contributed by atoms with Crippen molar-refractivity contribution in [3.8, 4) is 0 Å². The van der Waals surface area contributed by atoms with Gasteiger partial charge in [-0.05, 0) is 37.7 Å². The molecule has 4 aliphatic rings. The van der Waals surface area contributed by atoms with Crippen LogP contribution >= 0.6 is 0 Å². The SMILES string of the molecule is CC(=O)N1C[C@H](O)C[C@H]1C(=O)N1CC[C@H]2NC(=O)[C@@H](Cc3ccccc3)NC(=O)C3(C/C=C/C[C@@H]2C1)CCOCC3. The fourth-order valence-electron chi connectivity index (χ4n) is 6.79. The van der Waals surface area contributed by atoms with E-state index in [1.807, 2.05) is 30.3 Å². The van der Waals surface area contributed by atoms with Crippen molar-refractivity contribution >= 4 is 23.6 Å². The number of likely N-dealkylation sites (tertiary alicyclic amines) is 2. The van der Waals surface area contributed by atoms with Crippen LogP contribution in [-0.2, 0) is 30.3 Å². The number of fused-ring (bicyclic) bond motifs is 1. The van der Waals surface area contributed by atoms with Crippen LogP contribution in [0.2, 0.25) is 0 Å². The summed E-state index contributed by atoms with van der Waals surface area (Å²) in [6.45, 7) is 3.50. The van der Waals surface area contributed by atoms with Gasteiger partial charge in [0, 0.05) is 64.6 Å². The highest BCUT2D eigenvalue weighted by Gasteiger charge is 2.44. The van der Waals surface area contributed by atoms with E-state index in [0.717, 1.165) is 5.56 Å². The van der Waals surface area contributed by atoms with Crippen molar-refractivity contribution in [2.24, 2.45) is 11.3 Å². The maximum absolute atomic E-state index is 13.8. The number of aliphatic hydroxyl groups excluding tert-OH is 1. The lowest BCUT2D eigenvalue weighted by Gasteiger charge is -2.41. The Balaban J connectivity index is 1.37. The Hall–Kier alpha value is -3.24. The molecule has 3 saturated heterocycles. The largest absolute Gasteiger partial charge is 0.391 e. The third-order valence-corrected chi connectivity index (χ3v) is 9.29. The van der Waals surface area contributed by atoms with E-state index in [2.05, 4.69) is 22.8 Å². The molecule has 41 heavy (non-hydrogen) atoms. The molecule has 10 nitrogen and oxygen atoms in total. The maximum atomic E-state index is 13.8. The molecule has 4 heterocycles. The first-order valence-electron chi connectivity index (χ1n) is 14.9. The summed E-state index contributed by atoms with van der Waals surface area (Å²) in [6, 6.07) is 8.14. The number of aliphatic hydroxyl groups is 1. The first-order valence-corrected chi connectivity index (χ1v) is 14.9. The predicted octanol–water partition coefficient (Wildman–Crippen LogP) is 1.18. The highest BCUT2D eigenvalue weighted by Crippen LogP contribution is 2.36. The van der Waals surface area contributed by atoms with E-state index in [-0.39, 0.29) is 48.6 Å². The van der Waals surface area contributed by atoms with Gasteiger partial charge in [-0.15, -0.1) is 0 Å². The zero-order valence-corrected chi connectivity index (χ0v) is 23.8. The molecule has 1 aromatic rings. The van der Waals surface area contributed by atoms with Gasteiger partial charge in [-0.3, -0.25) is 19.2 Å². The van der Waals surface area contributed by atoms with Crippen LogP contribution in [-0.4, -0.2) is 95.6 Å². The molecular weight excluding hydrogens is 524 g/mol. The van der Waals surface area contributed by atoms with Crippen molar-refractivity contribution in [1.82, 2.24) is 20.4 Å². The Morgan fingerprint density at radius 2 is 1.83 bits per heavy atom. The quantitative estimate of drug-likeness (QED) is 0.472. The number of rotatable bonds is 3. The Morgan fingerprint density at radius 3 is 2.56 bits per heavy atom. The number of hydrogen-bond donors (Lipinski definition) is 3. The molecule has 3 N–H and O–H groups in total. The Labute approximate surface area is 241 Å². The Morgan fingerprint density at radius 1 is 1.07 bits per heavy atom. The number of ether oxygens (including phenoxy) is 1. The second-order valence-electron chi connectivity index (χ2n) is 12.0. The molecule has 5 atom stereocenters. The molecule has 1 spiro atoms. The monoisotopic (exact) mass is 566 g/mol. The van der Waals surface area contributed by atoms with Gasteiger partial charge in [-0.25, -0.2) is 0 Å². The number of amides is 4. The molecule has 0 bridgehead atoms. The number of benzene rings is 1. The van der Waals surface area contributed by atoms with Gasteiger partial charge >= 0.3 is 0 Å². The van der Waals surface area contributed by atoms with E-state index in [1.54, 1.807) is 4.90 Å². The van der Waals surface area contributed by atoms with Gasteiger partial charge in [-0.2, -0.15) is 0 Å². The van der Waals surface area contributed by atoms with Crippen molar-refractivity contribution in [2.45, 2.75) is 76.1 Å². The van der Waals surface area contributed by atoms with Crippen LogP contribution in [0.3, 0.4) is 0 Å². The van der Waals surface area contributed by atoms with Crippen molar-refractivity contribution < 1.29 is 29.0 Å². The lowest BCUT2D eigenvalue weighted by molar-refractivity contribution is -0.144. The van der Waals surface area contributed by atoms with E-state index in [4.69, 9.17) is 4.74 Å². The molecule has 10 heteroatoms. The highest BCUT2D eigenvalue weighted by molar-refractivity contribution is 5.91. The summed E-state index contributed by atoms with van der Waals surface area (Å²) in [7, 11) is 0. The summed E-state index contributed by atoms with van der Waals surface area (Å²) in [5.41, 5.74) is 0.336. The minimum Gasteiger partial charge on any atom is -0.391 e. The van der Waals surface area contributed by atoms with E-state index in [0.29, 0.717) is 64.8 Å². The summed E-state index contributed by atoms with van der Waals surface area (Å²) in [5.74, 6) is -0.710. The summed E-state index contributed by atoms with van der Waals surface area (Å²) in [4.78, 5) is 56.4. The average molecular weight is 567 g/mol. The lowest BCUT2D eigenvalue weighted by Crippen LogP contribution is -2.59. The van der Waals surface area contributed by atoms with Crippen LogP contribution in [0.4, 0.5) is 0 Å². The van der Waals surface area contributed by atoms with Crippen molar-refractivity contribution in [3.63, 3.8) is 0 Å². The highest BCUT2D eigenvalue weighted by atomic mass is 16.5. The second kappa shape index (κ2) is 12.7. The second-order valence-corrected chi connectivity index (χ2v) is 12.0. The summed E-state index contributed by atoms with van der Waals surface area (Å²) >= 11 is 0. The Bertz CT molecular complexity index is 1150. The normalized spacial score (nSPS) is 31.3. The van der Waals surface area contributed by atoms with Crippen molar-refractivity contribution in [2.75, 3.05) is 32.8 Å². The van der Waals surface area contributed by atoms with E-state index in [9.17, 15) is 24.3 Å². The number of allylic oxidation sites excluding steroid dienone is 2. The molecule has 0 saturated carbocycles. The van der Waals surface area contributed by atoms with Gasteiger partial charge < -0.3 is 30.3 Å². The minimum atomic E-state index is -0.725. The molecule has 5 rings (SSSR count). The van der Waals surface area contributed by atoms with E-state index >= 15 is 0 Å². The number of nitrogens with one attached hydrogen (secondary N) is 2. The molecule has 0 radical (unpaired) electrons. The number of hydrogen-bond acceptors (Lipinski definition) is 6. The zero-order valence-electron chi connectivity index (χ0n) is 23.8. The standard InChI is InChI=1S/C31H42N4O6/c1-21(36)35-20-24(37)18-27(35)29(39)34-14-10-25-23(19-34)9-5-6-11-31(12-15-41-16-13-31)30(40)33-26(28(38)32-25)17-22-7-3-2-4-8-22/h2-8,23-27,37H,9-20H2,1H3,(H,32,38)(H,33,40)/b6-5+/t23-,24-,25-,26-,27+/m1/s1. The molecule has 0 aromatic heterocycles. The molecule has 1 aromatic carbocycles. The number of piperidine rings is 1. The number of carbonyl (C=O) groups is 4.